The second-order valence-electron chi connectivity index (χ2n) is 2.28. The van der Waals surface area contributed by atoms with Gasteiger partial charge in [-0.1, -0.05) is 0 Å². The molecule has 2 unspecified atom stereocenters. The molecule has 5 nitrogen and oxygen atoms in total. The van der Waals surface area contributed by atoms with Gasteiger partial charge in [0.05, 0.1) is 10.5 Å². The monoisotopic (exact) mass is 243 g/mol. The Kier molecular flexibility index (Phi) is 3.31. The van der Waals surface area contributed by atoms with Crippen molar-refractivity contribution in [1.29, 1.82) is 5.26 Å². The van der Waals surface area contributed by atoms with Crippen LogP contribution in [0.5, 0.6) is 0 Å². The SMILES string of the molecule is N#CC(O)C(O)c1ncc(Br)cn1. The third-order valence-electron chi connectivity index (χ3n) is 1.34. The largest absolute Gasteiger partial charge is 0.381 e. The normalized spacial score (nSPS) is 14.6. The van der Waals surface area contributed by atoms with Crippen LogP contribution in [-0.2, 0) is 0 Å². The minimum Gasteiger partial charge on any atom is -0.381 e. The predicted octanol–water partition coefficient (Wildman–Crippen LogP) is 0.157. The number of rotatable bonds is 2. The molecule has 2 atom stereocenters. The molecule has 0 aromatic carbocycles. The molecule has 0 saturated carbocycles. The second-order valence-corrected chi connectivity index (χ2v) is 3.19. The minimum absolute atomic E-state index is 0.0252. The number of nitrogens with zero attached hydrogens (tertiary/aromatic N) is 3. The van der Waals surface area contributed by atoms with Crippen molar-refractivity contribution >= 4 is 15.9 Å². The highest BCUT2D eigenvalue weighted by atomic mass is 79.9. The number of hydrogen-bond donors (Lipinski definition) is 2. The molecule has 2 N–H and O–H groups in total. The van der Waals surface area contributed by atoms with Crippen LogP contribution in [0.3, 0.4) is 0 Å². The number of aliphatic hydroxyl groups is 2. The third kappa shape index (κ3) is 2.45. The van der Waals surface area contributed by atoms with Gasteiger partial charge in [-0.2, -0.15) is 5.26 Å². The molecule has 0 saturated heterocycles. The summed E-state index contributed by atoms with van der Waals surface area (Å²) in [6, 6.07) is 1.49. The van der Waals surface area contributed by atoms with Crippen molar-refractivity contribution in [3.63, 3.8) is 0 Å². The van der Waals surface area contributed by atoms with E-state index in [2.05, 4.69) is 25.9 Å². The number of aliphatic hydroxyl groups excluding tert-OH is 2. The van der Waals surface area contributed by atoms with Crippen LogP contribution in [0.1, 0.15) is 11.9 Å². The maximum atomic E-state index is 9.27. The number of hydrogen-bond acceptors (Lipinski definition) is 5. The second kappa shape index (κ2) is 4.28. The highest BCUT2D eigenvalue weighted by molar-refractivity contribution is 9.10. The maximum Gasteiger partial charge on any atom is 0.173 e. The first-order valence-electron chi connectivity index (χ1n) is 3.38. The fourth-order valence-electron chi connectivity index (χ4n) is 0.687. The van der Waals surface area contributed by atoms with E-state index in [-0.39, 0.29) is 5.82 Å². The molecule has 0 fully saturated rings. The van der Waals surface area contributed by atoms with Gasteiger partial charge in [0.25, 0.3) is 0 Å². The van der Waals surface area contributed by atoms with Gasteiger partial charge < -0.3 is 10.2 Å². The zero-order valence-corrected chi connectivity index (χ0v) is 8.01. The highest BCUT2D eigenvalue weighted by Crippen LogP contribution is 2.13. The minimum atomic E-state index is -1.50. The van der Waals surface area contributed by atoms with Gasteiger partial charge in [0.15, 0.2) is 18.0 Å². The van der Waals surface area contributed by atoms with Gasteiger partial charge in [0.2, 0.25) is 0 Å². The van der Waals surface area contributed by atoms with E-state index in [9.17, 15) is 5.11 Å². The lowest BCUT2D eigenvalue weighted by Gasteiger charge is -2.08. The van der Waals surface area contributed by atoms with Gasteiger partial charge in [-0.15, -0.1) is 0 Å². The molecule has 0 spiro atoms. The molecule has 0 radical (unpaired) electrons. The zero-order chi connectivity index (χ0) is 9.84. The molecule has 0 bridgehead atoms. The van der Waals surface area contributed by atoms with Gasteiger partial charge in [-0.25, -0.2) is 9.97 Å². The van der Waals surface area contributed by atoms with Crippen LogP contribution >= 0.6 is 15.9 Å². The Hall–Kier alpha value is -1.03. The van der Waals surface area contributed by atoms with Gasteiger partial charge in [-0.3, -0.25) is 0 Å². The third-order valence-corrected chi connectivity index (χ3v) is 1.75. The number of aromatic nitrogens is 2. The van der Waals surface area contributed by atoms with E-state index in [4.69, 9.17) is 10.4 Å². The topological polar surface area (TPSA) is 90.0 Å². The average Bonchev–Trinajstić information content (AvgIpc) is 2.17. The van der Waals surface area contributed by atoms with E-state index >= 15 is 0 Å². The smallest absolute Gasteiger partial charge is 0.173 e. The van der Waals surface area contributed by atoms with Crippen molar-refractivity contribution in [2.45, 2.75) is 12.2 Å². The van der Waals surface area contributed by atoms with E-state index in [0.29, 0.717) is 4.47 Å². The molecule has 0 aliphatic heterocycles. The Morgan fingerprint density at radius 2 is 1.92 bits per heavy atom. The van der Waals surface area contributed by atoms with Crippen molar-refractivity contribution in [3.8, 4) is 6.07 Å². The zero-order valence-electron chi connectivity index (χ0n) is 6.42. The van der Waals surface area contributed by atoms with Gasteiger partial charge in [-0.05, 0) is 15.9 Å². The first kappa shape index (κ1) is 10.1. The lowest BCUT2D eigenvalue weighted by atomic mass is 10.2. The lowest BCUT2D eigenvalue weighted by Crippen LogP contribution is -2.18. The predicted molar refractivity (Wildman–Crippen MR) is 46.3 cm³/mol. The molecule has 68 valence electrons. The van der Waals surface area contributed by atoms with E-state index in [1.54, 1.807) is 0 Å². The molecule has 0 aliphatic carbocycles. The van der Waals surface area contributed by atoms with Gasteiger partial charge in [0, 0.05) is 12.4 Å². The first-order chi connectivity index (χ1) is 6.15. The van der Waals surface area contributed by atoms with Gasteiger partial charge >= 0.3 is 0 Å². The van der Waals surface area contributed by atoms with Crippen LogP contribution in [0.15, 0.2) is 16.9 Å². The molecule has 0 amide bonds. The summed E-state index contributed by atoms with van der Waals surface area (Å²) in [7, 11) is 0. The van der Waals surface area contributed by atoms with Crippen LogP contribution < -0.4 is 0 Å². The quantitative estimate of drug-likeness (QED) is 0.723. The van der Waals surface area contributed by atoms with Crippen LogP contribution in [0, 0.1) is 11.3 Å². The molecular weight excluding hydrogens is 238 g/mol. The summed E-state index contributed by atoms with van der Waals surface area (Å²) in [5.41, 5.74) is 0. The molecule has 6 heteroatoms. The molecule has 1 rings (SSSR count). The fourth-order valence-corrected chi connectivity index (χ4v) is 0.892. The molecule has 1 aromatic heterocycles. The summed E-state index contributed by atoms with van der Waals surface area (Å²) in [6.07, 6.45) is -0.00931. The van der Waals surface area contributed by atoms with Crippen LogP contribution in [0.2, 0.25) is 0 Å². The summed E-state index contributed by atoms with van der Waals surface area (Å²) >= 11 is 3.11. The maximum absolute atomic E-state index is 9.27. The Labute approximate surface area is 82.8 Å². The molecule has 1 aromatic rings. The summed E-state index contributed by atoms with van der Waals surface area (Å²) in [6.45, 7) is 0. The fraction of sp³-hybridized carbons (Fsp3) is 0.286. The van der Waals surface area contributed by atoms with E-state index in [1.807, 2.05) is 0 Å². The summed E-state index contributed by atoms with van der Waals surface area (Å²) in [4.78, 5) is 7.46. The average molecular weight is 244 g/mol. The van der Waals surface area contributed by atoms with Crippen molar-refractivity contribution in [2.75, 3.05) is 0 Å². The van der Waals surface area contributed by atoms with Crippen LogP contribution in [-0.4, -0.2) is 26.3 Å². The van der Waals surface area contributed by atoms with Crippen LogP contribution in [0.25, 0.3) is 0 Å². The van der Waals surface area contributed by atoms with Crippen molar-refractivity contribution in [3.05, 3.63) is 22.7 Å². The summed E-state index contributed by atoms with van der Waals surface area (Å²) < 4.78 is 0.662. The molecule has 13 heavy (non-hydrogen) atoms. The van der Waals surface area contributed by atoms with E-state index < -0.39 is 12.2 Å². The van der Waals surface area contributed by atoms with E-state index in [1.165, 1.54) is 18.5 Å². The van der Waals surface area contributed by atoms with E-state index in [0.717, 1.165) is 0 Å². The Bertz CT molecular complexity index is 322. The van der Waals surface area contributed by atoms with Crippen molar-refractivity contribution in [2.24, 2.45) is 0 Å². The number of nitriles is 1. The Morgan fingerprint density at radius 3 is 2.38 bits per heavy atom. The molecular formula is C7H6BrN3O2. The molecule has 1 heterocycles. The van der Waals surface area contributed by atoms with Crippen molar-refractivity contribution in [1.82, 2.24) is 9.97 Å². The Balaban J connectivity index is 2.84. The van der Waals surface area contributed by atoms with Gasteiger partial charge in [0.1, 0.15) is 0 Å². The highest BCUT2D eigenvalue weighted by Gasteiger charge is 2.19. The summed E-state index contributed by atoms with van der Waals surface area (Å²) in [5.74, 6) is 0.0252. The van der Waals surface area contributed by atoms with Crippen molar-refractivity contribution < 1.29 is 10.2 Å². The first-order valence-corrected chi connectivity index (χ1v) is 4.17. The van der Waals surface area contributed by atoms with Crippen LogP contribution in [0.4, 0.5) is 0 Å². The summed E-state index contributed by atoms with van der Waals surface area (Å²) in [5, 5.41) is 26.5. The lowest BCUT2D eigenvalue weighted by molar-refractivity contribution is 0.0466. The standard InChI is InChI=1S/C7H6BrN3O2/c8-4-2-10-7(11-3-4)6(13)5(12)1-9/h2-3,5-6,12-13H. The Morgan fingerprint density at radius 1 is 1.38 bits per heavy atom. The number of halogens is 1. The molecule has 0 aliphatic rings.